The molecule has 0 aliphatic carbocycles. The van der Waals surface area contributed by atoms with Crippen molar-refractivity contribution >= 4 is 5.91 Å². The standard InChI is InChI=1S/C17H26N2O2/c1-13(19-11-3-4-15(12-19)17(18)20)5-6-14-7-9-16(21-2)10-8-14/h7-10,13,15H,3-6,11-12H2,1-2H3,(H2,18,20)/t13-,15+/m0/s1. The molecular weight excluding hydrogens is 264 g/mol. The molecule has 0 aromatic heterocycles. The molecule has 0 saturated carbocycles. The van der Waals surface area contributed by atoms with E-state index >= 15 is 0 Å². The molecule has 0 unspecified atom stereocenters. The van der Waals surface area contributed by atoms with Crippen LogP contribution >= 0.6 is 0 Å². The Kier molecular flexibility index (Phi) is 5.62. The van der Waals surface area contributed by atoms with Crippen LogP contribution in [-0.2, 0) is 11.2 Å². The van der Waals surface area contributed by atoms with Crippen LogP contribution < -0.4 is 10.5 Å². The van der Waals surface area contributed by atoms with Gasteiger partial charge in [-0.15, -0.1) is 0 Å². The second-order valence-electron chi connectivity index (χ2n) is 5.97. The molecular formula is C17H26N2O2. The van der Waals surface area contributed by atoms with Crippen molar-refractivity contribution in [2.24, 2.45) is 11.7 Å². The molecule has 1 aromatic carbocycles. The molecule has 1 saturated heterocycles. The number of nitrogens with zero attached hydrogens (tertiary/aromatic N) is 1. The number of aryl methyl sites for hydroxylation is 1. The van der Waals surface area contributed by atoms with Gasteiger partial charge >= 0.3 is 0 Å². The summed E-state index contributed by atoms with van der Waals surface area (Å²) in [5.41, 5.74) is 6.77. The minimum Gasteiger partial charge on any atom is -0.497 e. The maximum atomic E-state index is 11.3. The lowest BCUT2D eigenvalue weighted by Crippen LogP contribution is -2.45. The highest BCUT2D eigenvalue weighted by Gasteiger charge is 2.26. The van der Waals surface area contributed by atoms with Crippen molar-refractivity contribution in [1.82, 2.24) is 4.90 Å². The van der Waals surface area contributed by atoms with Crippen LogP contribution in [-0.4, -0.2) is 37.0 Å². The van der Waals surface area contributed by atoms with Crippen LogP contribution in [0.15, 0.2) is 24.3 Å². The van der Waals surface area contributed by atoms with E-state index in [4.69, 9.17) is 10.5 Å². The molecule has 1 aliphatic heterocycles. The number of carbonyl (C=O) groups excluding carboxylic acids is 1. The third kappa shape index (κ3) is 4.46. The molecule has 0 bridgehead atoms. The van der Waals surface area contributed by atoms with Gasteiger partial charge in [0, 0.05) is 12.6 Å². The predicted molar refractivity (Wildman–Crippen MR) is 84.3 cm³/mol. The van der Waals surface area contributed by atoms with Gasteiger partial charge in [-0.2, -0.15) is 0 Å². The molecule has 0 radical (unpaired) electrons. The quantitative estimate of drug-likeness (QED) is 0.874. The molecule has 1 fully saturated rings. The van der Waals surface area contributed by atoms with E-state index in [0.717, 1.165) is 44.5 Å². The van der Waals surface area contributed by atoms with Crippen LogP contribution in [0.25, 0.3) is 0 Å². The average molecular weight is 290 g/mol. The number of amides is 1. The Balaban J connectivity index is 1.83. The van der Waals surface area contributed by atoms with E-state index in [1.165, 1.54) is 5.56 Å². The first kappa shape index (κ1) is 15.8. The van der Waals surface area contributed by atoms with E-state index in [0.29, 0.717) is 6.04 Å². The van der Waals surface area contributed by atoms with E-state index in [1.807, 2.05) is 12.1 Å². The highest BCUT2D eigenvalue weighted by molar-refractivity contribution is 5.76. The van der Waals surface area contributed by atoms with Gasteiger partial charge in [0.25, 0.3) is 0 Å². The summed E-state index contributed by atoms with van der Waals surface area (Å²) in [4.78, 5) is 13.8. The summed E-state index contributed by atoms with van der Waals surface area (Å²) in [5.74, 6) is 0.774. The molecule has 1 heterocycles. The summed E-state index contributed by atoms with van der Waals surface area (Å²) in [5, 5.41) is 0. The minimum atomic E-state index is -0.151. The van der Waals surface area contributed by atoms with Crippen molar-refractivity contribution in [2.45, 2.75) is 38.6 Å². The monoisotopic (exact) mass is 290 g/mol. The largest absolute Gasteiger partial charge is 0.497 e. The molecule has 1 amide bonds. The van der Waals surface area contributed by atoms with Crippen molar-refractivity contribution in [1.29, 1.82) is 0 Å². The van der Waals surface area contributed by atoms with Crippen molar-refractivity contribution < 1.29 is 9.53 Å². The van der Waals surface area contributed by atoms with Crippen LogP contribution in [0, 0.1) is 5.92 Å². The maximum Gasteiger partial charge on any atom is 0.221 e. The van der Waals surface area contributed by atoms with Gasteiger partial charge in [-0.25, -0.2) is 0 Å². The fourth-order valence-electron chi connectivity index (χ4n) is 2.99. The first-order chi connectivity index (χ1) is 10.1. The number of nitrogens with two attached hydrogens (primary N) is 1. The maximum absolute atomic E-state index is 11.3. The predicted octanol–water partition coefficient (Wildman–Crippen LogP) is 2.21. The summed E-state index contributed by atoms with van der Waals surface area (Å²) in [6.07, 6.45) is 4.15. The number of methoxy groups -OCH3 is 1. The molecule has 2 rings (SSSR count). The zero-order valence-corrected chi connectivity index (χ0v) is 13.0. The molecule has 2 atom stereocenters. The van der Waals surface area contributed by atoms with E-state index in [-0.39, 0.29) is 11.8 Å². The smallest absolute Gasteiger partial charge is 0.221 e. The zero-order chi connectivity index (χ0) is 15.2. The number of piperidine rings is 1. The summed E-state index contributed by atoms with van der Waals surface area (Å²) in [6, 6.07) is 8.73. The zero-order valence-electron chi connectivity index (χ0n) is 13.0. The Morgan fingerprint density at radius 1 is 1.43 bits per heavy atom. The van der Waals surface area contributed by atoms with Crippen LogP contribution in [0.1, 0.15) is 31.7 Å². The molecule has 21 heavy (non-hydrogen) atoms. The number of likely N-dealkylation sites (tertiary alicyclic amines) is 1. The van der Waals surface area contributed by atoms with Crippen molar-refractivity contribution in [3.63, 3.8) is 0 Å². The van der Waals surface area contributed by atoms with E-state index in [9.17, 15) is 4.79 Å². The molecule has 4 nitrogen and oxygen atoms in total. The highest BCUT2D eigenvalue weighted by atomic mass is 16.5. The number of ether oxygens (including phenoxy) is 1. The van der Waals surface area contributed by atoms with Crippen LogP contribution in [0.3, 0.4) is 0 Å². The fraction of sp³-hybridized carbons (Fsp3) is 0.588. The molecule has 1 aromatic rings. The Labute approximate surface area is 127 Å². The van der Waals surface area contributed by atoms with Crippen LogP contribution in [0.5, 0.6) is 5.75 Å². The van der Waals surface area contributed by atoms with Gasteiger partial charge < -0.3 is 10.5 Å². The van der Waals surface area contributed by atoms with Gasteiger partial charge in [0.15, 0.2) is 0 Å². The Morgan fingerprint density at radius 2 is 2.14 bits per heavy atom. The number of benzene rings is 1. The van der Waals surface area contributed by atoms with Crippen LogP contribution in [0.4, 0.5) is 0 Å². The number of hydrogen-bond acceptors (Lipinski definition) is 3. The Morgan fingerprint density at radius 3 is 2.76 bits per heavy atom. The first-order valence-corrected chi connectivity index (χ1v) is 7.76. The third-order valence-electron chi connectivity index (χ3n) is 4.49. The summed E-state index contributed by atoms with van der Waals surface area (Å²) in [6.45, 7) is 4.14. The van der Waals surface area contributed by atoms with Gasteiger partial charge in [0.05, 0.1) is 13.0 Å². The molecule has 4 heteroatoms. The third-order valence-corrected chi connectivity index (χ3v) is 4.49. The summed E-state index contributed by atoms with van der Waals surface area (Å²) >= 11 is 0. The van der Waals surface area contributed by atoms with Crippen molar-refractivity contribution in [3.05, 3.63) is 29.8 Å². The molecule has 116 valence electrons. The topological polar surface area (TPSA) is 55.6 Å². The summed E-state index contributed by atoms with van der Waals surface area (Å²) < 4.78 is 5.17. The van der Waals surface area contributed by atoms with E-state index in [1.54, 1.807) is 7.11 Å². The number of rotatable bonds is 6. The van der Waals surface area contributed by atoms with Crippen molar-refractivity contribution in [2.75, 3.05) is 20.2 Å². The van der Waals surface area contributed by atoms with Gasteiger partial charge in [-0.3, -0.25) is 9.69 Å². The lowest BCUT2D eigenvalue weighted by atomic mass is 9.95. The van der Waals surface area contributed by atoms with Gasteiger partial charge in [0.2, 0.25) is 5.91 Å². The van der Waals surface area contributed by atoms with E-state index in [2.05, 4.69) is 24.0 Å². The molecule has 2 N–H and O–H groups in total. The second-order valence-corrected chi connectivity index (χ2v) is 5.97. The average Bonchev–Trinajstić information content (AvgIpc) is 2.53. The number of carbonyl (C=O) groups is 1. The number of hydrogen-bond donors (Lipinski definition) is 1. The second kappa shape index (κ2) is 7.46. The minimum absolute atomic E-state index is 0.0298. The van der Waals surface area contributed by atoms with Crippen molar-refractivity contribution in [3.8, 4) is 5.75 Å². The number of primary amides is 1. The SMILES string of the molecule is COc1ccc(CC[C@H](C)N2CCC[C@@H](C(N)=O)C2)cc1. The van der Waals surface area contributed by atoms with Gasteiger partial charge in [0.1, 0.15) is 5.75 Å². The molecule has 0 spiro atoms. The van der Waals surface area contributed by atoms with Gasteiger partial charge in [-0.1, -0.05) is 12.1 Å². The van der Waals surface area contributed by atoms with Crippen LogP contribution in [0.2, 0.25) is 0 Å². The molecule has 1 aliphatic rings. The normalized spacial score (nSPS) is 21.0. The van der Waals surface area contributed by atoms with E-state index < -0.39 is 0 Å². The summed E-state index contributed by atoms with van der Waals surface area (Å²) in [7, 11) is 1.68. The van der Waals surface area contributed by atoms with Gasteiger partial charge in [-0.05, 0) is 56.8 Å². The Bertz CT molecular complexity index is 458. The lowest BCUT2D eigenvalue weighted by Gasteiger charge is -2.35. The highest BCUT2D eigenvalue weighted by Crippen LogP contribution is 2.21. The lowest BCUT2D eigenvalue weighted by molar-refractivity contribution is -0.123. The Hall–Kier alpha value is -1.55. The first-order valence-electron chi connectivity index (χ1n) is 7.76. The fourth-order valence-corrected chi connectivity index (χ4v) is 2.99.